The van der Waals surface area contributed by atoms with E-state index in [1.807, 2.05) is 18.2 Å². The molecule has 0 bridgehead atoms. The highest BCUT2D eigenvalue weighted by Crippen LogP contribution is 2.35. The molecule has 0 unspecified atom stereocenters. The molecule has 4 heteroatoms. The van der Waals surface area contributed by atoms with Crippen LogP contribution < -0.4 is 5.73 Å². The zero-order valence-electron chi connectivity index (χ0n) is 14.1. The Labute approximate surface area is 145 Å². The highest BCUT2D eigenvalue weighted by Gasteiger charge is 2.12. The SMILES string of the molecule is C[C@@H](O)CCO.NC(=O)c1ccc2ccc3cccc4ccc1c2c34. The fraction of sp³-hybridized carbons (Fsp3) is 0.190. The van der Waals surface area contributed by atoms with Crippen LogP contribution in [-0.4, -0.2) is 28.8 Å². The zero-order valence-corrected chi connectivity index (χ0v) is 14.1. The lowest BCUT2D eigenvalue weighted by molar-refractivity contribution is 0.100. The second kappa shape index (κ2) is 7.05. The number of benzene rings is 4. The molecular formula is C21H21NO3. The maximum Gasteiger partial charge on any atom is 0.249 e. The molecule has 4 aromatic carbocycles. The van der Waals surface area contributed by atoms with Crippen LogP contribution in [0.4, 0.5) is 0 Å². The molecule has 0 radical (unpaired) electrons. The molecule has 0 aliphatic rings. The first-order chi connectivity index (χ1) is 12.0. The van der Waals surface area contributed by atoms with Gasteiger partial charge < -0.3 is 15.9 Å². The van der Waals surface area contributed by atoms with E-state index in [-0.39, 0.29) is 18.6 Å². The number of hydrogen-bond donors (Lipinski definition) is 3. The summed E-state index contributed by atoms with van der Waals surface area (Å²) in [5.74, 6) is -0.377. The summed E-state index contributed by atoms with van der Waals surface area (Å²) in [4.78, 5) is 11.6. The van der Waals surface area contributed by atoms with Crippen LogP contribution >= 0.6 is 0 Å². The van der Waals surface area contributed by atoms with Crippen molar-refractivity contribution < 1.29 is 15.0 Å². The summed E-state index contributed by atoms with van der Waals surface area (Å²) < 4.78 is 0. The van der Waals surface area contributed by atoms with E-state index in [1.54, 1.807) is 6.92 Å². The normalized spacial score (nSPS) is 12.3. The summed E-state index contributed by atoms with van der Waals surface area (Å²) in [5, 5.41) is 23.3. The van der Waals surface area contributed by atoms with Crippen molar-refractivity contribution in [1.29, 1.82) is 0 Å². The largest absolute Gasteiger partial charge is 0.396 e. The molecule has 0 spiro atoms. The van der Waals surface area contributed by atoms with Crippen molar-refractivity contribution in [3.05, 3.63) is 60.2 Å². The Bertz CT molecular complexity index is 1010. The Kier molecular flexibility index (Phi) is 4.83. The first kappa shape index (κ1) is 17.1. The molecule has 25 heavy (non-hydrogen) atoms. The van der Waals surface area contributed by atoms with Crippen LogP contribution in [-0.2, 0) is 0 Å². The quantitative estimate of drug-likeness (QED) is 0.502. The van der Waals surface area contributed by atoms with Crippen molar-refractivity contribution in [3.63, 3.8) is 0 Å². The molecule has 1 amide bonds. The van der Waals surface area contributed by atoms with Crippen LogP contribution in [0.15, 0.2) is 54.6 Å². The van der Waals surface area contributed by atoms with E-state index in [9.17, 15) is 4.79 Å². The predicted octanol–water partition coefficient (Wildman–Crippen LogP) is 3.43. The Morgan fingerprint density at radius 3 is 2.04 bits per heavy atom. The number of nitrogens with two attached hydrogens (primary N) is 1. The number of amides is 1. The molecular weight excluding hydrogens is 314 g/mol. The molecule has 4 nitrogen and oxygen atoms in total. The molecule has 4 rings (SSSR count). The molecule has 0 fully saturated rings. The van der Waals surface area contributed by atoms with Crippen molar-refractivity contribution in [3.8, 4) is 0 Å². The molecule has 0 aliphatic heterocycles. The number of hydrogen-bond acceptors (Lipinski definition) is 3. The van der Waals surface area contributed by atoms with Crippen LogP contribution in [0.2, 0.25) is 0 Å². The third-order valence-electron chi connectivity index (χ3n) is 4.34. The maximum atomic E-state index is 11.6. The topological polar surface area (TPSA) is 83.6 Å². The van der Waals surface area contributed by atoms with Crippen LogP contribution in [0.5, 0.6) is 0 Å². The Balaban J connectivity index is 0.000000265. The molecule has 4 aromatic rings. The second-order valence-corrected chi connectivity index (χ2v) is 6.19. The van der Waals surface area contributed by atoms with Gasteiger partial charge >= 0.3 is 0 Å². The van der Waals surface area contributed by atoms with E-state index in [0.717, 1.165) is 16.2 Å². The summed E-state index contributed by atoms with van der Waals surface area (Å²) in [5.41, 5.74) is 6.06. The average molecular weight is 335 g/mol. The number of primary amides is 1. The predicted molar refractivity (Wildman–Crippen MR) is 102 cm³/mol. The zero-order chi connectivity index (χ0) is 18.0. The van der Waals surface area contributed by atoms with Gasteiger partial charge in [0.2, 0.25) is 5.91 Å². The van der Waals surface area contributed by atoms with Gasteiger partial charge in [0.25, 0.3) is 0 Å². The minimum Gasteiger partial charge on any atom is -0.396 e. The first-order valence-corrected chi connectivity index (χ1v) is 8.28. The van der Waals surface area contributed by atoms with E-state index in [1.165, 1.54) is 16.2 Å². The summed E-state index contributed by atoms with van der Waals surface area (Å²) in [6.45, 7) is 1.73. The molecule has 0 saturated heterocycles. The van der Waals surface area contributed by atoms with E-state index in [4.69, 9.17) is 15.9 Å². The van der Waals surface area contributed by atoms with Gasteiger partial charge in [-0.15, -0.1) is 0 Å². The van der Waals surface area contributed by atoms with Crippen LogP contribution in [0.3, 0.4) is 0 Å². The standard InChI is InChI=1S/C17H11NO.C4H10O2/c18-17(19)14-9-7-12-5-4-10-2-1-3-11-6-8-13(14)16(12)15(10)11;1-4(6)2-3-5/h1-9H,(H2,18,19);4-6H,2-3H2,1H3/t;4-/m.1/s1. The summed E-state index contributed by atoms with van der Waals surface area (Å²) in [7, 11) is 0. The monoisotopic (exact) mass is 335 g/mol. The van der Waals surface area contributed by atoms with Crippen molar-refractivity contribution in [2.24, 2.45) is 5.73 Å². The molecule has 0 aromatic heterocycles. The fourth-order valence-electron chi connectivity index (χ4n) is 3.14. The summed E-state index contributed by atoms with van der Waals surface area (Å²) in [6, 6.07) is 18.3. The van der Waals surface area contributed by atoms with Crippen LogP contribution in [0.1, 0.15) is 23.7 Å². The third-order valence-corrected chi connectivity index (χ3v) is 4.34. The van der Waals surface area contributed by atoms with Gasteiger partial charge in [0.1, 0.15) is 0 Å². The number of aliphatic hydroxyl groups excluding tert-OH is 2. The van der Waals surface area contributed by atoms with E-state index < -0.39 is 0 Å². The molecule has 128 valence electrons. The van der Waals surface area contributed by atoms with Gasteiger partial charge in [-0.2, -0.15) is 0 Å². The number of rotatable bonds is 3. The Hall–Kier alpha value is -2.69. The molecule has 0 saturated carbocycles. The van der Waals surface area contributed by atoms with E-state index >= 15 is 0 Å². The minimum absolute atomic E-state index is 0.0810. The molecule has 4 N–H and O–H groups in total. The van der Waals surface area contributed by atoms with Gasteiger partial charge in [-0.1, -0.05) is 48.5 Å². The molecule has 0 aliphatic carbocycles. The van der Waals surface area contributed by atoms with Crippen LogP contribution in [0.25, 0.3) is 32.3 Å². The summed E-state index contributed by atoms with van der Waals surface area (Å²) in [6.07, 6.45) is 0.134. The highest BCUT2D eigenvalue weighted by molar-refractivity contribution is 6.26. The second-order valence-electron chi connectivity index (χ2n) is 6.19. The minimum atomic E-state index is -0.377. The fourth-order valence-corrected chi connectivity index (χ4v) is 3.14. The van der Waals surface area contributed by atoms with Crippen molar-refractivity contribution in [1.82, 2.24) is 0 Å². The lowest BCUT2D eigenvalue weighted by atomic mass is 9.92. The molecule has 1 atom stereocenters. The van der Waals surface area contributed by atoms with Gasteiger partial charge in [0, 0.05) is 12.2 Å². The number of aliphatic hydroxyl groups is 2. The van der Waals surface area contributed by atoms with Gasteiger partial charge in [0.15, 0.2) is 0 Å². The van der Waals surface area contributed by atoms with E-state index in [0.29, 0.717) is 12.0 Å². The molecule has 0 heterocycles. The van der Waals surface area contributed by atoms with Gasteiger partial charge in [-0.25, -0.2) is 0 Å². The van der Waals surface area contributed by atoms with Crippen molar-refractivity contribution in [2.75, 3.05) is 6.61 Å². The van der Waals surface area contributed by atoms with Gasteiger partial charge in [-0.05, 0) is 51.7 Å². The van der Waals surface area contributed by atoms with Gasteiger partial charge in [0.05, 0.1) is 6.10 Å². The Morgan fingerprint density at radius 1 is 0.960 bits per heavy atom. The summed E-state index contributed by atoms with van der Waals surface area (Å²) >= 11 is 0. The lowest BCUT2D eigenvalue weighted by Gasteiger charge is -2.12. The first-order valence-electron chi connectivity index (χ1n) is 8.28. The van der Waals surface area contributed by atoms with Crippen LogP contribution in [0, 0.1) is 0 Å². The third kappa shape index (κ3) is 3.27. The number of carbonyl (C=O) groups is 1. The van der Waals surface area contributed by atoms with Crippen molar-refractivity contribution >= 4 is 38.2 Å². The highest BCUT2D eigenvalue weighted by atomic mass is 16.3. The number of carbonyl (C=O) groups excluding carboxylic acids is 1. The Morgan fingerprint density at radius 2 is 1.52 bits per heavy atom. The van der Waals surface area contributed by atoms with Crippen molar-refractivity contribution in [2.45, 2.75) is 19.4 Å². The van der Waals surface area contributed by atoms with Gasteiger partial charge in [-0.3, -0.25) is 4.79 Å². The average Bonchev–Trinajstić information content (AvgIpc) is 2.60. The lowest BCUT2D eigenvalue weighted by Crippen LogP contribution is -2.11. The van der Waals surface area contributed by atoms with E-state index in [2.05, 4.69) is 36.4 Å². The maximum absolute atomic E-state index is 11.6. The smallest absolute Gasteiger partial charge is 0.249 e.